The van der Waals surface area contributed by atoms with Gasteiger partial charge in [0.05, 0.1) is 0 Å². The third kappa shape index (κ3) is 2.82. The highest BCUT2D eigenvalue weighted by Gasteiger charge is 2.18. The summed E-state index contributed by atoms with van der Waals surface area (Å²) in [4.78, 5) is 6.63. The second-order valence-corrected chi connectivity index (χ2v) is 5.54. The predicted molar refractivity (Wildman–Crippen MR) is 70.9 cm³/mol. The number of rotatable bonds is 2. The van der Waals surface area contributed by atoms with Gasteiger partial charge in [0.1, 0.15) is 11.5 Å². The van der Waals surface area contributed by atoms with Crippen LogP contribution < -0.4 is 10.6 Å². The molecule has 17 heavy (non-hydrogen) atoms. The molecule has 0 saturated carbocycles. The SMILES string of the molecule is CC1CN(c2cccc(/C(N)=N/O)n2)CCS1. The summed E-state index contributed by atoms with van der Waals surface area (Å²) in [5, 5.41) is 12.2. The highest BCUT2D eigenvalue weighted by molar-refractivity contribution is 8.00. The van der Waals surface area contributed by atoms with E-state index in [4.69, 9.17) is 10.9 Å². The lowest BCUT2D eigenvalue weighted by atomic mass is 10.3. The summed E-state index contributed by atoms with van der Waals surface area (Å²) in [6.45, 7) is 4.18. The van der Waals surface area contributed by atoms with E-state index < -0.39 is 0 Å². The summed E-state index contributed by atoms with van der Waals surface area (Å²) in [5.74, 6) is 2.05. The molecule has 0 amide bonds. The van der Waals surface area contributed by atoms with Crippen molar-refractivity contribution in [2.24, 2.45) is 10.9 Å². The van der Waals surface area contributed by atoms with E-state index in [-0.39, 0.29) is 5.84 Å². The van der Waals surface area contributed by atoms with Crippen LogP contribution in [0.1, 0.15) is 12.6 Å². The van der Waals surface area contributed by atoms with Crippen LogP contribution in [-0.2, 0) is 0 Å². The molecule has 0 aromatic carbocycles. The summed E-state index contributed by atoms with van der Waals surface area (Å²) >= 11 is 1.97. The third-order valence-corrected chi connectivity index (χ3v) is 3.81. The average Bonchev–Trinajstić information content (AvgIpc) is 2.38. The normalized spacial score (nSPS) is 21.6. The molecular formula is C11H16N4OS. The van der Waals surface area contributed by atoms with Crippen LogP contribution in [0.4, 0.5) is 5.82 Å². The maximum atomic E-state index is 8.64. The molecular weight excluding hydrogens is 236 g/mol. The van der Waals surface area contributed by atoms with E-state index in [9.17, 15) is 0 Å². The smallest absolute Gasteiger partial charge is 0.188 e. The molecule has 92 valence electrons. The minimum absolute atomic E-state index is 0.0475. The van der Waals surface area contributed by atoms with E-state index in [2.05, 4.69) is 22.0 Å². The second-order valence-electron chi connectivity index (χ2n) is 3.99. The van der Waals surface area contributed by atoms with Crippen molar-refractivity contribution >= 4 is 23.4 Å². The monoisotopic (exact) mass is 252 g/mol. The van der Waals surface area contributed by atoms with Gasteiger partial charge in [-0.3, -0.25) is 0 Å². The van der Waals surface area contributed by atoms with Gasteiger partial charge in [-0.25, -0.2) is 4.98 Å². The lowest BCUT2D eigenvalue weighted by Gasteiger charge is -2.31. The lowest BCUT2D eigenvalue weighted by molar-refractivity contribution is 0.318. The predicted octanol–water partition coefficient (Wildman–Crippen LogP) is 1.12. The van der Waals surface area contributed by atoms with Crippen molar-refractivity contribution in [2.75, 3.05) is 23.7 Å². The number of nitrogens with zero attached hydrogens (tertiary/aromatic N) is 3. The van der Waals surface area contributed by atoms with Crippen LogP contribution in [0.15, 0.2) is 23.4 Å². The van der Waals surface area contributed by atoms with Gasteiger partial charge in [-0.2, -0.15) is 11.8 Å². The molecule has 0 spiro atoms. The zero-order valence-corrected chi connectivity index (χ0v) is 10.5. The fourth-order valence-corrected chi connectivity index (χ4v) is 2.83. The van der Waals surface area contributed by atoms with Gasteiger partial charge in [-0.15, -0.1) is 0 Å². The molecule has 1 aliphatic rings. The van der Waals surface area contributed by atoms with Gasteiger partial charge in [0.25, 0.3) is 0 Å². The van der Waals surface area contributed by atoms with Crippen LogP contribution in [0.25, 0.3) is 0 Å². The Kier molecular flexibility index (Phi) is 3.73. The first kappa shape index (κ1) is 12.0. The number of oxime groups is 1. The van der Waals surface area contributed by atoms with Crippen molar-refractivity contribution in [1.29, 1.82) is 0 Å². The number of amidine groups is 1. The number of hydrogen-bond donors (Lipinski definition) is 2. The average molecular weight is 252 g/mol. The van der Waals surface area contributed by atoms with Gasteiger partial charge in [0, 0.05) is 24.1 Å². The van der Waals surface area contributed by atoms with Gasteiger partial charge in [-0.05, 0) is 12.1 Å². The van der Waals surface area contributed by atoms with Crippen LogP contribution in [0.3, 0.4) is 0 Å². The van der Waals surface area contributed by atoms with Crippen molar-refractivity contribution in [3.8, 4) is 0 Å². The molecule has 3 N–H and O–H groups in total. The first-order valence-electron chi connectivity index (χ1n) is 5.52. The van der Waals surface area contributed by atoms with Crippen molar-refractivity contribution in [3.05, 3.63) is 23.9 Å². The minimum atomic E-state index is 0.0475. The number of anilines is 1. The number of nitrogens with two attached hydrogens (primary N) is 1. The van der Waals surface area contributed by atoms with Crippen molar-refractivity contribution in [1.82, 2.24) is 4.98 Å². The van der Waals surface area contributed by atoms with Crippen LogP contribution in [0.2, 0.25) is 0 Å². The van der Waals surface area contributed by atoms with E-state index in [0.717, 1.165) is 24.7 Å². The van der Waals surface area contributed by atoms with E-state index in [1.165, 1.54) is 0 Å². The largest absolute Gasteiger partial charge is 0.409 e. The third-order valence-electron chi connectivity index (χ3n) is 2.67. The summed E-state index contributed by atoms with van der Waals surface area (Å²) < 4.78 is 0. The summed E-state index contributed by atoms with van der Waals surface area (Å²) in [6, 6.07) is 5.57. The van der Waals surface area contributed by atoms with Gasteiger partial charge in [-0.1, -0.05) is 18.1 Å². The Labute approximate surface area is 105 Å². The molecule has 0 aliphatic carbocycles. The zero-order valence-electron chi connectivity index (χ0n) is 9.71. The number of pyridine rings is 1. The van der Waals surface area contributed by atoms with E-state index >= 15 is 0 Å². The molecule has 1 atom stereocenters. The van der Waals surface area contributed by atoms with E-state index in [1.807, 2.05) is 23.9 Å². The highest BCUT2D eigenvalue weighted by Crippen LogP contribution is 2.22. The molecule has 2 heterocycles. The Morgan fingerprint density at radius 2 is 2.47 bits per heavy atom. The van der Waals surface area contributed by atoms with Crippen molar-refractivity contribution in [2.45, 2.75) is 12.2 Å². The van der Waals surface area contributed by atoms with Gasteiger partial charge in [0.2, 0.25) is 0 Å². The Balaban J connectivity index is 2.21. The summed E-state index contributed by atoms with van der Waals surface area (Å²) in [6.07, 6.45) is 0. The Bertz CT molecular complexity index is 424. The van der Waals surface area contributed by atoms with Crippen LogP contribution in [-0.4, -0.2) is 40.1 Å². The number of aromatic nitrogens is 1. The van der Waals surface area contributed by atoms with Gasteiger partial charge >= 0.3 is 0 Å². The Hall–Kier alpha value is -1.43. The summed E-state index contributed by atoms with van der Waals surface area (Å²) in [5.41, 5.74) is 6.04. The van der Waals surface area contributed by atoms with Crippen LogP contribution >= 0.6 is 11.8 Å². The second kappa shape index (κ2) is 5.27. The molecule has 1 aromatic heterocycles. The molecule has 1 unspecified atom stereocenters. The van der Waals surface area contributed by atoms with Gasteiger partial charge in [0.15, 0.2) is 5.84 Å². The number of hydrogen-bond acceptors (Lipinski definition) is 5. The van der Waals surface area contributed by atoms with Crippen molar-refractivity contribution < 1.29 is 5.21 Å². The lowest BCUT2D eigenvalue weighted by Crippen LogP contribution is -2.37. The van der Waals surface area contributed by atoms with Gasteiger partial charge < -0.3 is 15.8 Å². The van der Waals surface area contributed by atoms with Crippen LogP contribution in [0, 0.1) is 0 Å². The molecule has 1 aliphatic heterocycles. The molecule has 2 rings (SSSR count). The minimum Gasteiger partial charge on any atom is -0.409 e. The number of thioether (sulfide) groups is 1. The van der Waals surface area contributed by atoms with Crippen LogP contribution in [0.5, 0.6) is 0 Å². The molecule has 5 nitrogen and oxygen atoms in total. The van der Waals surface area contributed by atoms with E-state index in [0.29, 0.717) is 10.9 Å². The molecule has 1 aromatic rings. The fraction of sp³-hybridized carbons (Fsp3) is 0.455. The topological polar surface area (TPSA) is 74.7 Å². The fourth-order valence-electron chi connectivity index (χ4n) is 1.82. The quantitative estimate of drug-likeness (QED) is 0.357. The molecule has 0 bridgehead atoms. The van der Waals surface area contributed by atoms with E-state index in [1.54, 1.807) is 6.07 Å². The molecule has 1 saturated heterocycles. The maximum absolute atomic E-state index is 8.64. The maximum Gasteiger partial charge on any atom is 0.188 e. The molecule has 6 heteroatoms. The Morgan fingerprint density at radius 3 is 3.18 bits per heavy atom. The first-order valence-corrected chi connectivity index (χ1v) is 6.57. The Morgan fingerprint density at radius 1 is 1.65 bits per heavy atom. The molecule has 0 radical (unpaired) electrons. The first-order chi connectivity index (χ1) is 8.20. The summed E-state index contributed by atoms with van der Waals surface area (Å²) in [7, 11) is 0. The standard InChI is InChI=1S/C11H16N4OS/c1-8-7-15(5-6-17-8)10-4-2-3-9(13-10)11(12)14-16/h2-4,8,16H,5-7H2,1H3,(H2,12,14). The zero-order chi connectivity index (χ0) is 12.3. The molecule has 1 fully saturated rings. The van der Waals surface area contributed by atoms with Crippen molar-refractivity contribution in [3.63, 3.8) is 0 Å². The highest BCUT2D eigenvalue weighted by atomic mass is 32.2.